The van der Waals surface area contributed by atoms with Crippen LogP contribution in [-0.4, -0.2) is 36.6 Å². The first-order valence-electron chi connectivity index (χ1n) is 10.7. The number of nitriles is 1. The summed E-state index contributed by atoms with van der Waals surface area (Å²) >= 11 is 3.08. The van der Waals surface area contributed by atoms with Gasteiger partial charge in [0.05, 0.1) is 35.4 Å². The number of carbonyl (C=O) groups is 2. The van der Waals surface area contributed by atoms with Crippen molar-refractivity contribution in [2.24, 2.45) is 0 Å². The minimum Gasteiger partial charge on any atom is -0.494 e. The smallest absolute Gasteiger partial charge is 0.339 e. The monoisotopic (exact) mass is 495 g/mol. The molecule has 0 fully saturated rings. The van der Waals surface area contributed by atoms with E-state index in [0.29, 0.717) is 29.4 Å². The average Bonchev–Trinajstić information content (AvgIpc) is 3.27. The van der Waals surface area contributed by atoms with Crippen molar-refractivity contribution in [3.8, 4) is 11.8 Å². The van der Waals surface area contributed by atoms with Gasteiger partial charge in [0.25, 0.3) is 5.91 Å². The third-order valence-electron chi connectivity index (χ3n) is 4.68. The first-order chi connectivity index (χ1) is 16.5. The predicted molar refractivity (Wildman–Crippen MR) is 133 cm³/mol. The van der Waals surface area contributed by atoms with Crippen molar-refractivity contribution in [2.45, 2.75) is 30.9 Å². The number of carbonyl (C=O) groups excluding carboxylic acids is 2. The third kappa shape index (κ3) is 7.07. The number of benzene rings is 2. The molecule has 0 N–H and O–H groups in total. The molecular weight excluding hydrogens is 470 g/mol. The summed E-state index contributed by atoms with van der Waals surface area (Å²) in [5, 5.41) is 12.0. The number of hydrogen-bond donors (Lipinski definition) is 0. The highest BCUT2D eigenvalue weighted by atomic mass is 32.2. The van der Waals surface area contributed by atoms with Gasteiger partial charge in [0.15, 0.2) is 6.61 Å². The number of thioether (sulfide) groups is 1. The van der Waals surface area contributed by atoms with Crippen molar-refractivity contribution < 1.29 is 19.1 Å². The number of aromatic nitrogens is 1. The molecule has 1 heterocycles. The second-order valence-corrected chi connectivity index (χ2v) is 9.18. The number of hydrogen-bond acceptors (Lipinski definition) is 8. The Hall–Kier alpha value is -3.35. The Morgan fingerprint density at radius 2 is 1.94 bits per heavy atom. The van der Waals surface area contributed by atoms with Crippen molar-refractivity contribution in [2.75, 3.05) is 24.7 Å². The molecule has 2 aromatic carbocycles. The number of anilines is 1. The highest BCUT2D eigenvalue weighted by Crippen LogP contribution is 2.27. The zero-order chi connectivity index (χ0) is 24.3. The standard InChI is InChI=1S/C25H25N3O4S2/c1-3-31-21-11-9-20(10-12-21)28(14-6-13-26)24(29)15-32-25(30)22-7-4-5-8-23(22)34-17-19-16-33-18(2)27-19/h4-5,7-12,16H,3,6,14-15,17H2,1-2H3. The van der Waals surface area contributed by atoms with Crippen LogP contribution in [-0.2, 0) is 15.3 Å². The molecule has 0 unspecified atom stereocenters. The molecule has 0 saturated carbocycles. The quantitative estimate of drug-likeness (QED) is 0.265. The molecule has 0 aliphatic rings. The van der Waals surface area contributed by atoms with Crippen molar-refractivity contribution in [3.63, 3.8) is 0 Å². The largest absolute Gasteiger partial charge is 0.494 e. The molecule has 3 aromatic rings. The number of nitrogens with zero attached hydrogens (tertiary/aromatic N) is 3. The molecule has 7 nitrogen and oxygen atoms in total. The molecule has 0 aliphatic carbocycles. The fraction of sp³-hybridized carbons (Fsp3) is 0.280. The van der Waals surface area contributed by atoms with Crippen LogP contribution in [0.2, 0.25) is 0 Å². The van der Waals surface area contributed by atoms with E-state index in [1.807, 2.05) is 37.4 Å². The number of ether oxygens (including phenoxy) is 2. The molecule has 1 amide bonds. The van der Waals surface area contributed by atoms with Crippen LogP contribution in [0.3, 0.4) is 0 Å². The Morgan fingerprint density at radius 1 is 1.18 bits per heavy atom. The van der Waals surface area contributed by atoms with E-state index in [2.05, 4.69) is 4.98 Å². The number of thiazole rings is 1. The van der Waals surface area contributed by atoms with Gasteiger partial charge in [-0.1, -0.05) is 12.1 Å². The molecular formula is C25H25N3O4S2. The van der Waals surface area contributed by atoms with E-state index in [1.165, 1.54) is 16.7 Å². The zero-order valence-corrected chi connectivity index (χ0v) is 20.7. The van der Waals surface area contributed by atoms with Crippen LogP contribution in [0.5, 0.6) is 5.75 Å². The van der Waals surface area contributed by atoms with E-state index in [9.17, 15) is 9.59 Å². The summed E-state index contributed by atoms with van der Waals surface area (Å²) in [7, 11) is 0. The highest BCUT2D eigenvalue weighted by molar-refractivity contribution is 7.98. The van der Waals surface area contributed by atoms with Gasteiger partial charge in [-0.05, 0) is 50.2 Å². The molecule has 0 saturated heterocycles. The van der Waals surface area contributed by atoms with Gasteiger partial charge >= 0.3 is 5.97 Å². The van der Waals surface area contributed by atoms with Gasteiger partial charge in [-0.2, -0.15) is 5.26 Å². The second-order valence-electron chi connectivity index (χ2n) is 7.10. The SMILES string of the molecule is CCOc1ccc(N(CCC#N)C(=O)COC(=O)c2ccccc2SCc2csc(C)n2)cc1. The first kappa shape index (κ1) is 25.3. The van der Waals surface area contributed by atoms with E-state index in [1.54, 1.807) is 47.7 Å². The van der Waals surface area contributed by atoms with Gasteiger partial charge in [-0.25, -0.2) is 9.78 Å². The molecule has 1 aromatic heterocycles. The van der Waals surface area contributed by atoms with Crippen LogP contribution in [0, 0.1) is 18.3 Å². The summed E-state index contributed by atoms with van der Waals surface area (Å²) in [5.41, 5.74) is 1.96. The Labute approximate surface area is 207 Å². The summed E-state index contributed by atoms with van der Waals surface area (Å²) in [6, 6.07) is 16.2. The van der Waals surface area contributed by atoms with Crippen LogP contribution in [0.1, 0.15) is 34.4 Å². The Kier molecular flexibility index (Phi) is 9.50. The summed E-state index contributed by atoms with van der Waals surface area (Å²) < 4.78 is 10.8. The fourth-order valence-electron chi connectivity index (χ4n) is 3.12. The molecule has 176 valence electrons. The van der Waals surface area contributed by atoms with E-state index in [0.717, 1.165) is 15.6 Å². The lowest BCUT2D eigenvalue weighted by atomic mass is 10.2. The number of amides is 1. The Balaban J connectivity index is 1.65. The van der Waals surface area contributed by atoms with Crippen LogP contribution < -0.4 is 9.64 Å². The molecule has 0 aliphatic heterocycles. The van der Waals surface area contributed by atoms with Crippen molar-refractivity contribution in [1.29, 1.82) is 5.26 Å². The Morgan fingerprint density at radius 3 is 2.62 bits per heavy atom. The summed E-state index contributed by atoms with van der Waals surface area (Å²) in [6.45, 7) is 4.15. The van der Waals surface area contributed by atoms with E-state index >= 15 is 0 Å². The summed E-state index contributed by atoms with van der Waals surface area (Å²) in [5.74, 6) is 0.341. The Bertz CT molecular complexity index is 1160. The second kappa shape index (κ2) is 12.8. The van der Waals surface area contributed by atoms with E-state index in [4.69, 9.17) is 14.7 Å². The predicted octanol–water partition coefficient (Wildman–Crippen LogP) is 5.25. The number of aryl methyl sites for hydroxylation is 1. The highest BCUT2D eigenvalue weighted by Gasteiger charge is 2.20. The molecule has 34 heavy (non-hydrogen) atoms. The minimum atomic E-state index is -0.571. The molecule has 0 bridgehead atoms. The molecule has 0 radical (unpaired) electrons. The fourth-order valence-corrected chi connectivity index (χ4v) is 4.77. The van der Waals surface area contributed by atoms with Crippen LogP contribution in [0.25, 0.3) is 0 Å². The molecule has 3 rings (SSSR count). The van der Waals surface area contributed by atoms with Gasteiger partial charge in [0.2, 0.25) is 0 Å². The average molecular weight is 496 g/mol. The van der Waals surface area contributed by atoms with Crippen molar-refractivity contribution in [3.05, 3.63) is 70.2 Å². The van der Waals surface area contributed by atoms with Crippen LogP contribution in [0.4, 0.5) is 5.69 Å². The van der Waals surface area contributed by atoms with E-state index in [-0.39, 0.29) is 13.0 Å². The first-order valence-corrected chi connectivity index (χ1v) is 12.6. The van der Waals surface area contributed by atoms with Crippen molar-refractivity contribution in [1.82, 2.24) is 4.98 Å². The lowest BCUT2D eigenvalue weighted by molar-refractivity contribution is -0.121. The number of esters is 1. The topological polar surface area (TPSA) is 92.5 Å². The third-order valence-corrected chi connectivity index (χ3v) is 6.61. The number of rotatable bonds is 11. The maximum Gasteiger partial charge on any atom is 0.339 e. The minimum absolute atomic E-state index is 0.155. The summed E-state index contributed by atoms with van der Waals surface area (Å²) in [6.07, 6.45) is 0.155. The van der Waals surface area contributed by atoms with Gasteiger partial charge in [-0.3, -0.25) is 4.79 Å². The zero-order valence-electron chi connectivity index (χ0n) is 19.0. The normalized spacial score (nSPS) is 10.4. The van der Waals surface area contributed by atoms with Crippen LogP contribution in [0.15, 0.2) is 58.8 Å². The maximum absolute atomic E-state index is 12.9. The molecule has 0 atom stereocenters. The van der Waals surface area contributed by atoms with E-state index < -0.39 is 18.5 Å². The maximum atomic E-state index is 12.9. The van der Waals surface area contributed by atoms with Gasteiger partial charge < -0.3 is 14.4 Å². The van der Waals surface area contributed by atoms with Gasteiger partial charge in [-0.15, -0.1) is 23.1 Å². The van der Waals surface area contributed by atoms with Crippen LogP contribution >= 0.6 is 23.1 Å². The van der Waals surface area contributed by atoms with Gasteiger partial charge in [0, 0.05) is 28.3 Å². The van der Waals surface area contributed by atoms with Crippen molar-refractivity contribution >= 4 is 40.7 Å². The summed E-state index contributed by atoms with van der Waals surface area (Å²) in [4.78, 5) is 32.3. The lowest BCUT2D eigenvalue weighted by Gasteiger charge is -2.22. The molecule has 9 heteroatoms. The lowest BCUT2D eigenvalue weighted by Crippen LogP contribution is -2.35. The molecule has 0 spiro atoms. The van der Waals surface area contributed by atoms with Gasteiger partial charge in [0.1, 0.15) is 5.75 Å².